The number of carbonyl (C=O) groups excluding carboxylic acids is 1. The van der Waals surface area contributed by atoms with Crippen molar-refractivity contribution in [1.82, 2.24) is 19.7 Å². The van der Waals surface area contributed by atoms with Gasteiger partial charge in [-0.05, 0) is 48.9 Å². The van der Waals surface area contributed by atoms with Crippen LogP contribution in [0.25, 0.3) is 16.6 Å². The molecule has 0 unspecified atom stereocenters. The molecule has 5 aromatic rings. The summed E-state index contributed by atoms with van der Waals surface area (Å²) in [6.07, 6.45) is 2.63. The molecule has 5 rings (SSSR count). The monoisotopic (exact) mass is 511 g/mol. The molecule has 188 valence electrons. The topological polar surface area (TPSA) is 108 Å². The Bertz CT molecular complexity index is 1630. The summed E-state index contributed by atoms with van der Waals surface area (Å²) in [6, 6.07) is 10.5. The number of hydrogen-bond acceptors (Lipinski definition) is 6. The average Bonchev–Trinajstić information content (AvgIpc) is 3.44. The summed E-state index contributed by atoms with van der Waals surface area (Å²) in [4.78, 5) is 20.1. The van der Waals surface area contributed by atoms with Crippen LogP contribution < -0.4 is 15.2 Å². The highest BCUT2D eigenvalue weighted by molar-refractivity contribution is 6.12. The predicted molar refractivity (Wildman–Crippen MR) is 125 cm³/mol. The average molecular weight is 511 g/mol. The van der Waals surface area contributed by atoms with Crippen molar-refractivity contribution in [3.8, 4) is 23.1 Å². The summed E-state index contributed by atoms with van der Waals surface area (Å²) in [7, 11) is 0. The lowest BCUT2D eigenvalue weighted by Crippen LogP contribution is -2.09. The number of benzene rings is 2. The van der Waals surface area contributed by atoms with Crippen LogP contribution in [0.4, 0.5) is 23.4 Å². The number of nitrogens with two attached hydrogens (primary N) is 1. The van der Waals surface area contributed by atoms with Gasteiger partial charge in [-0.3, -0.25) is 4.79 Å². The highest BCUT2D eigenvalue weighted by Crippen LogP contribution is 2.30. The molecule has 0 amide bonds. The second-order valence-corrected chi connectivity index (χ2v) is 7.96. The molecule has 0 atom stereocenters. The lowest BCUT2D eigenvalue weighted by atomic mass is 10.1. The molecule has 0 aliphatic carbocycles. The number of ketones is 1. The number of rotatable bonds is 7. The molecule has 12 heteroatoms. The quantitative estimate of drug-likeness (QED) is 0.219. The van der Waals surface area contributed by atoms with Crippen molar-refractivity contribution in [3.63, 3.8) is 0 Å². The summed E-state index contributed by atoms with van der Waals surface area (Å²) in [5, 5.41) is 4.68. The van der Waals surface area contributed by atoms with E-state index in [0.29, 0.717) is 22.2 Å². The van der Waals surface area contributed by atoms with Gasteiger partial charge in [-0.1, -0.05) is 6.07 Å². The molecule has 0 aliphatic rings. The smallest absolute Gasteiger partial charge is 0.387 e. The highest BCUT2D eigenvalue weighted by atomic mass is 19.3. The number of nitrogens with zero attached hydrogens (tertiary/aromatic N) is 3. The number of anilines is 1. The maximum atomic E-state index is 13.9. The minimum atomic E-state index is -2.97. The number of H-pyrrole nitrogens is 1. The van der Waals surface area contributed by atoms with E-state index in [1.165, 1.54) is 53.5 Å². The lowest BCUT2D eigenvalue weighted by Gasteiger charge is -2.11. The zero-order valence-electron chi connectivity index (χ0n) is 19.0. The SMILES string of the molecule is Cc1cc(Oc2c(F)cccc2F)ncc1-n1ncc(C(=O)c2cc3cc(OC(F)F)ccc3[nH]2)c1N. The fourth-order valence-electron chi connectivity index (χ4n) is 3.76. The van der Waals surface area contributed by atoms with Crippen molar-refractivity contribution in [2.45, 2.75) is 13.5 Å². The zero-order chi connectivity index (χ0) is 26.3. The number of aromatic nitrogens is 4. The Labute approximate surface area is 206 Å². The van der Waals surface area contributed by atoms with Gasteiger partial charge in [-0.25, -0.2) is 18.4 Å². The van der Waals surface area contributed by atoms with Gasteiger partial charge >= 0.3 is 6.61 Å². The first-order valence-electron chi connectivity index (χ1n) is 10.8. The van der Waals surface area contributed by atoms with E-state index in [-0.39, 0.29) is 28.7 Å². The van der Waals surface area contributed by atoms with Gasteiger partial charge in [0.15, 0.2) is 11.6 Å². The number of hydrogen-bond donors (Lipinski definition) is 2. The van der Waals surface area contributed by atoms with Crippen molar-refractivity contribution in [1.29, 1.82) is 0 Å². The zero-order valence-corrected chi connectivity index (χ0v) is 19.0. The lowest BCUT2D eigenvalue weighted by molar-refractivity contribution is -0.0497. The number of halogens is 4. The van der Waals surface area contributed by atoms with Gasteiger partial charge in [-0.15, -0.1) is 0 Å². The molecule has 3 heterocycles. The van der Waals surface area contributed by atoms with Crippen LogP contribution in [0.5, 0.6) is 17.4 Å². The molecule has 0 spiro atoms. The maximum Gasteiger partial charge on any atom is 0.387 e. The van der Waals surface area contributed by atoms with Gasteiger partial charge < -0.3 is 20.2 Å². The van der Waals surface area contributed by atoms with Crippen LogP contribution in [0.15, 0.2) is 60.9 Å². The third kappa shape index (κ3) is 4.56. The summed E-state index contributed by atoms with van der Waals surface area (Å²) in [5.41, 5.74) is 7.97. The van der Waals surface area contributed by atoms with Crippen LogP contribution in [-0.4, -0.2) is 32.1 Å². The number of ether oxygens (including phenoxy) is 2. The molecule has 0 aliphatic heterocycles. The van der Waals surface area contributed by atoms with Crippen LogP contribution in [0.3, 0.4) is 0 Å². The molecule has 2 aromatic carbocycles. The maximum absolute atomic E-state index is 13.9. The number of nitrogens with one attached hydrogen (secondary N) is 1. The first kappa shape index (κ1) is 23.9. The van der Waals surface area contributed by atoms with Crippen LogP contribution >= 0.6 is 0 Å². The Morgan fingerprint density at radius 3 is 2.54 bits per heavy atom. The van der Waals surface area contributed by atoms with Crippen molar-refractivity contribution in [2.75, 3.05) is 5.73 Å². The van der Waals surface area contributed by atoms with E-state index in [0.717, 1.165) is 12.1 Å². The van der Waals surface area contributed by atoms with Crippen molar-refractivity contribution < 1.29 is 31.8 Å². The first-order valence-corrected chi connectivity index (χ1v) is 10.8. The number of alkyl halides is 2. The largest absolute Gasteiger partial charge is 0.435 e. The minimum absolute atomic E-state index is 0.0177. The van der Waals surface area contributed by atoms with Crippen LogP contribution in [0.2, 0.25) is 0 Å². The van der Waals surface area contributed by atoms with Crippen molar-refractivity contribution >= 4 is 22.5 Å². The van der Waals surface area contributed by atoms with Gasteiger partial charge in [-0.2, -0.15) is 13.9 Å². The van der Waals surface area contributed by atoms with Crippen molar-refractivity contribution in [2.24, 2.45) is 0 Å². The Morgan fingerprint density at radius 2 is 1.84 bits per heavy atom. The van der Waals surface area contributed by atoms with Crippen LogP contribution in [0, 0.1) is 18.6 Å². The molecule has 37 heavy (non-hydrogen) atoms. The van der Waals surface area contributed by atoms with E-state index in [9.17, 15) is 22.4 Å². The molecular formula is C25H17F4N5O3. The third-order valence-corrected chi connectivity index (χ3v) is 5.52. The number of aromatic amines is 1. The second-order valence-electron chi connectivity index (χ2n) is 7.96. The van der Waals surface area contributed by atoms with Gasteiger partial charge in [0.05, 0.1) is 29.3 Å². The fraction of sp³-hybridized carbons (Fsp3) is 0.0800. The third-order valence-electron chi connectivity index (χ3n) is 5.52. The standard InChI is InChI=1S/C25H17F4N5O3/c1-12-7-21(37-23-16(26)3-2-4-17(23)27)31-11-20(12)34-24(30)15(10-32-34)22(35)19-9-13-8-14(36-25(28)29)5-6-18(13)33-19/h2-11,25,33H,30H2,1H3. The Balaban J connectivity index is 1.41. The van der Waals surface area contributed by atoms with E-state index in [2.05, 4.69) is 19.8 Å². The van der Waals surface area contributed by atoms with Crippen LogP contribution in [0.1, 0.15) is 21.6 Å². The molecule has 8 nitrogen and oxygen atoms in total. The number of nitrogen functional groups attached to an aromatic ring is 1. The minimum Gasteiger partial charge on any atom is -0.435 e. The van der Waals surface area contributed by atoms with Gasteiger partial charge in [0.25, 0.3) is 0 Å². The Hall–Kier alpha value is -4.87. The molecule has 0 saturated heterocycles. The van der Waals surface area contributed by atoms with Gasteiger partial charge in [0.2, 0.25) is 17.4 Å². The van der Waals surface area contributed by atoms with E-state index in [4.69, 9.17) is 10.5 Å². The number of para-hydroxylation sites is 1. The Morgan fingerprint density at radius 1 is 1.08 bits per heavy atom. The molecule has 0 bridgehead atoms. The number of aryl methyl sites for hydroxylation is 1. The van der Waals surface area contributed by atoms with Crippen molar-refractivity contribution in [3.05, 3.63) is 89.4 Å². The molecule has 0 radical (unpaired) electrons. The molecule has 3 N–H and O–H groups in total. The summed E-state index contributed by atoms with van der Waals surface area (Å²) >= 11 is 0. The van der Waals surface area contributed by atoms with E-state index >= 15 is 0 Å². The Kier molecular flexibility index (Phi) is 5.99. The van der Waals surface area contributed by atoms with E-state index < -0.39 is 29.8 Å². The summed E-state index contributed by atoms with van der Waals surface area (Å²) in [6.45, 7) is -1.29. The van der Waals surface area contributed by atoms with Gasteiger partial charge in [0, 0.05) is 17.0 Å². The normalized spacial score (nSPS) is 11.3. The molecule has 0 fully saturated rings. The second kappa shape index (κ2) is 9.30. The molecule has 3 aromatic heterocycles. The van der Waals surface area contributed by atoms with Gasteiger partial charge in [0.1, 0.15) is 11.6 Å². The first-order chi connectivity index (χ1) is 17.7. The van der Waals surface area contributed by atoms with E-state index in [1.54, 1.807) is 6.92 Å². The highest BCUT2D eigenvalue weighted by Gasteiger charge is 2.21. The number of pyridine rings is 1. The summed E-state index contributed by atoms with van der Waals surface area (Å²) < 4.78 is 63.7. The number of fused-ring (bicyclic) bond motifs is 1. The summed E-state index contributed by atoms with van der Waals surface area (Å²) in [5.74, 6) is -2.89. The fourth-order valence-corrected chi connectivity index (χ4v) is 3.76. The van der Waals surface area contributed by atoms with E-state index in [1.807, 2.05) is 0 Å². The molecule has 0 saturated carbocycles. The van der Waals surface area contributed by atoms with Crippen LogP contribution in [-0.2, 0) is 0 Å². The predicted octanol–water partition coefficient (Wildman–Crippen LogP) is 5.54. The molecular weight excluding hydrogens is 494 g/mol. The number of carbonyl (C=O) groups is 1.